The van der Waals surface area contributed by atoms with Crippen molar-refractivity contribution in [3.63, 3.8) is 0 Å². The van der Waals surface area contributed by atoms with Crippen molar-refractivity contribution in [1.82, 2.24) is 0 Å². The third kappa shape index (κ3) is 6.47. The summed E-state index contributed by atoms with van der Waals surface area (Å²) in [6, 6.07) is 9.79. The number of halogens is 3. The Morgan fingerprint density at radius 2 is 1.62 bits per heavy atom. The van der Waals surface area contributed by atoms with Crippen molar-refractivity contribution in [3.05, 3.63) is 35.9 Å². The molecular formula is C38H57F3O4. The Morgan fingerprint density at radius 1 is 0.933 bits per heavy atom. The van der Waals surface area contributed by atoms with Gasteiger partial charge in [0.15, 0.2) is 5.60 Å². The lowest BCUT2D eigenvalue weighted by Gasteiger charge is -2.63. The van der Waals surface area contributed by atoms with E-state index >= 15 is 0 Å². The second-order valence-electron chi connectivity index (χ2n) is 16.5. The van der Waals surface area contributed by atoms with Crippen molar-refractivity contribution in [1.29, 1.82) is 0 Å². The van der Waals surface area contributed by atoms with Crippen LogP contribution in [0.5, 0.6) is 0 Å². The molecule has 0 saturated heterocycles. The average molecular weight is 635 g/mol. The Kier molecular flexibility index (Phi) is 9.61. The second-order valence-corrected chi connectivity index (χ2v) is 16.5. The summed E-state index contributed by atoms with van der Waals surface area (Å²) in [5.74, 6) is 0.526. The topological polar surface area (TPSA) is 55.8 Å². The molecule has 4 nitrogen and oxygen atoms in total. The molecule has 0 spiro atoms. The molecule has 4 saturated carbocycles. The maximum atomic E-state index is 15.0. The van der Waals surface area contributed by atoms with Crippen molar-refractivity contribution >= 4 is 5.97 Å². The first-order valence-corrected chi connectivity index (χ1v) is 17.7. The Balaban J connectivity index is 1.28. The van der Waals surface area contributed by atoms with Gasteiger partial charge in [0.05, 0.1) is 12.2 Å². The van der Waals surface area contributed by atoms with E-state index in [9.17, 15) is 23.1 Å². The first-order chi connectivity index (χ1) is 21.0. The zero-order valence-electron chi connectivity index (χ0n) is 28.5. The standard InChI is InChI=1S/C38H57F3O4/c1-7-36(45-26(2)42)23-22-34(5)28(24-36)14-15-29-30-16-17-32(35(30,6)21-18-31(29)34)37(43,38(39,40)41)20-11-19-33(3,4)44-25-27-12-9-8-10-13-27/h8-10,12-13,28-32,43H,7,11,14-25H2,1-6H3/t28-,29-,30-,31-,32-,34-,35-,36-,37?/m0/s1. The lowest BCUT2D eigenvalue weighted by Crippen LogP contribution is -2.60. The fourth-order valence-electron chi connectivity index (χ4n) is 11.1. The van der Waals surface area contributed by atoms with Crippen LogP contribution < -0.4 is 0 Å². The third-order valence-corrected chi connectivity index (χ3v) is 13.7. The normalized spacial score (nSPS) is 38.0. The molecule has 254 valence electrons. The highest BCUT2D eigenvalue weighted by Crippen LogP contribution is 2.70. The minimum Gasteiger partial charge on any atom is -0.459 e. The van der Waals surface area contributed by atoms with E-state index in [4.69, 9.17) is 9.47 Å². The van der Waals surface area contributed by atoms with Crippen LogP contribution in [0.2, 0.25) is 0 Å². The molecule has 0 radical (unpaired) electrons. The Labute approximate surface area is 269 Å². The van der Waals surface area contributed by atoms with Crippen molar-refractivity contribution in [2.45, 2.75) is 155 Å². The summed E-state index contributed by atoms with van der Waals surface area (Å²) in [6.45, 7) is 12.4. The molecule has 0 aromatic heterocycles. The molecule has 4 aliphatic rings. The van der Waals surface area contributed by atoms with Crippen LogP contribution in [-0.2, 0) is 20.9 Å². The fourth-order valence-corrected chi connectivity index (χ4v) is 11.1. The molecule has 1 aromatic carbocycles. The molecule has 0 amide bonds. The smallest absolute Gasteiger partial charge is 0.417 e. The van der Waals surface area contributed by atoms with E-state index in [-0.39, 0.29) is 35.7 Å². The van der Waals surface area contributed by atoms with Crippen LogP contribution >= 0.6 is 0 Å². The van der Waals surface area contributed by atoms with Crippen LogP contribution in [0.15, 0.2) is 30.3 Å². The van der Waals surface area contributed by atoms with Crippen LogP contribution in [0.25, 0.3) is 0 Å². The number of ether oxygens (including phenoxy) is 2. The van der Waals surface area contributed by atoms with E-state index in [1.54, 1.807) is 0 Å². The van der Waals surface area contributed by atoms with Gasteiger partial charge >= 0.3 is 12.1 Å². The van der Waals surface area contributed by atoms with Crippen molar-refractivity contribution in [2.24, 2.45) is 40.4 Å². The van der Waals surface area contributed by atoms with Gasteiger partial charge in [0.1, 0.15) is 5.60 Å². The van der Waals surface area contributed by atoms with Crippen molar-refractivity contribution in [3.8, 4) is 0 Å². The van der Waals surface area contributed by atoms with E-state index in [0.717, 1.165) is 63.4 Å². The number of alkyl halides is 3. The number of rotatable bonds is 10. The molecule has 1 aromatic rings. The molecule has 0 bridgehead atoms. The van der Waals surface area contributed by atoms with E-state index in [1.165, 1.54) is 6.92 Å². The minimum atomic E-state index is -4.69. The van der Waals surface area contributed by atoms with Crippen LogP contribution in [0.1, 0.15) is 131 Å². The first kappa shape index (κ1) is 34.7. The van der Waals surface area contributed by atoms with Crippen LogP contribution in [-0.4, -0.2) is 34.1 Å². The van der Waals surface area contributed by atoms with E-state index < -0.39 is 28.7 Å². The van der Waals surface area contributed by atoms with Gasteiger partial charge in [-0.2, -0.15) is 13.2 Å². The number of hydrogen-bond donors (Lipinski definition) is 1. The van der Waals surface area contributed by atoms with E-state index in [2.05, 4.69) is 20.8 Å². The van der Waals surface area contributed by atoms with Gasteiger partial charge in [0.2, 0.25) is 0 Å². The highest BCUT2D eigenvalue weighted by Gasteiger charge is 2.68. The highest BCUT2D eigenvalue weighted by atomic mass is 19.4. The number of carbonyl (C=O) groups excluding carboxylic acids is 1. The van der Waals surface area contributed by atoms with E-state index in [1.807, 2.05) is 44.2 Å². The fraction of sp³-hybridized carbons (Fsp3) is 0.816. The molecule has 9 atom stereocenters. The van der Waals surface area contributed by atoms with Gasteiger partial charge in [-0.1, -0.05) is 51.1 Å². The maximum Gasteiger partial charge on any atom is 0.417 e. The summed E-state index contributed by atoms with van der Waals surface area (Å²) in [5, 5.41) is 11.7. The predicted molar refractivity (Wildman–Crippen MR) is 170 cm³/mol. The summed E-state index contributed by atoms with van der Waals surface area (Å²) < 4.78 is 57.0. The molecule has 4 fully saturated rings. The van der Waals surface area contributed by atoms with Gasteiger partial charge in [-0.3, -0.25) is 4.79 Å². The lowest BCUT2D eigenvalue weighted by atomic mass is 9.43. The number of fused-ring (bicyclic) bond motifs is 5. The largest absolute Gasteiger partial charge is 0.459 e. The second kappa shape index (κ2) is 12.5. The zero-order valence-corrected chi connectivity index (χ0v) is 28.5. The molecular weight excluding hydrogens is 577 g/mol. The maximum absolute atomic E-state index is 15.0. The molecule has 5 rings (SSSR count). The number of aliphatic hydroxyl groups is 1. The van der Waals surface area contributed by atoms with E-state index in [0.29, 0.717) is 37.2 Å². The summed E-state index contributed by atoms with van der Waals surface area (Å²) in [6.07, 6.45) is 4.22. The Hall–Kier alpha value is -1.60. The number of hydrogen-bond acceptors (Lipinski definition) is 4. The summed E-state index contributed by atoms with van der Waals surface area (Å²) in [7, 11) is 0. The van der Waals surface area contributed by atoms with Crippen molar-refractivity contribution in [2.75, 3.05) is 0 Å². The molecule has 7 heteroatoms. The number of benzene rings is 1. The number of carbonyl (C=O) groups is 1. The third-order valence-electron chi connectivity index (χ3n) is 13.7. The molecule has 1 N–H and O–H groups in total. The molecule has 0 heterocycles. The lowest BCUT2D eigenvalue weighted by molar-refractivity contribution is -0.297. The monoisotopic (exact) mass is 634 g/mol. The van der Waals surface area contributed by atoms with Crippen LogP contribution in [0.3, 0.4) is 0 Å². The SMILES string of the molecule is CC[C@]1(OC(C)=O)CC[C@@]2(C)[C@@H](CC[C@@H]3[C@@H]2CC[C@]2(C)[C@@H](C(O)(CCCC(C)(C)OCc4ccccc4)C(F)(F)F)CC[C@@H]32)C1. The van der Waals surface area contributed by atoms with Gasteiger partial charge in [0.25, 0.3) is 0 Å². The van der Waals surface area contributed by atoms with Gasteiger partial charge in [-0.25, -0.2) is 0 Å². The number of esters is 1. The van der Waals surface area contributed by atoms with Gasteiger partial charge in [-0.15, -0.1) is 0 Å². The summed E-state index contributed by atoms with van der Waals surface area (Å²) in [5.41, 5.74) is -3.06. The predicted octanol–water partition coefficient (Wildman–Crippen LogP) is 9.82. The summed E-state index contributed by atoms with van der Waals surface area (Å²) in [4.78, 5) is 12.0. The quantitative estimate of drug-likeness (QED) is 0.260. The average Bonchev–Trinajstić information content (AvgIpc) is 3.33. The molecule has 45 heavy (non-hydrogen) atoms. The molecule has 1 unspecified atom stereocenters. The molecule has 4 aliphatic carbocycles. The summed E-state index contributed by atoms with van der Waals surface area (Å²) >= 11 is 0. The van der Waals surface area contributed by atoms with Crippen molar-refractivity contribution < 1.29 is 32.5 Å². The van der Waals surface area contributed by atoms with Gasteiger partial charge in [0, 0.05) is 12.8 Å². The van der Waals surface area contributed by atoms with Gasteiger partial charge in [-0.05, 0) is 137 Å². The zero-order chi connectivity index (χ0) is 32.9. The highest BCUT2D eigenvalue weighted by molar-refractivity contribution is 5.66. The minimum absolute atomic E-state index is 0.118. The Morgan fingerprint density at radius 3 is 2.27 bits per heavy atom. The Bertz CT molecular complexity index is 1190. The van der Waals surface area contributed by atoms with Crippen LogP contribution in [0, 0.1) is 40.4 Å². The first-order valence-electron chi connectivity index (χ1n) is 17.7. The van der Waals surface area contributed by atoms with Crippen LogP contribution in [0.4, 0.5) is 13.2 Å². The van der Waals surface area contributed by atoms with Gasteiger partial charge < -0.3 is 14.6 Å². The molecule has 0 aliphatic heterocycles.